The number of hydrogen-bond acceptors (Lipinski definition) is 4. The molecule has 0 saturated heterocycles. The third-order valence-electron chi connectivity index (χ3n) is 3.37. The zero-order valence-corrected chi connectivity index (χ0v) is 18.8. The first-order valence-electron chi connectivity index (χ1n) is 8.02. The number of nitrogens with one attached hydrogen (secondary N) is 2. The van der Waals surface area contributed by atoms with Gasteiger partial charge in [0.1, 0.15) is 4.21 Å². The minimum absolute atomic E-state index is 0. The zero-order chi connectivity index (χ0) is 17.3. The molecular weight excluding hydrogens is 459 g/mol. The van der Waals surface area contributed by atoms with E-state index in [0.717, 1.165) is 30.2 Å². The van der Waals surface area contributed by atoms with Crippen molar-refractivity contribution >= 4 is 51.3 Å². The van der Waals surface area contributed by atoms with Crippen LogP contribution in [0.4, 0.5) is 0 Å². The van der Waals surface area contributed by atoms with Crippen LogP contribution in [0.5, 0.6) is 0 Å². The molecule has 1 aromatic heterocycles. The van der Waals surface area contributed by atoms with Crippen molar-refractivity contribution in [1.82, 2.24) is 14.9 Å². The van der Waals surface area contributed by atoms with E-state index < -0.39 is 10.0 Å². The van der Waals surface area contributed by atoms with Gasteiger partial charge in [-0.1, -0.05) is 20.8 Å². The smallest absolute Gasteiger partial charge is 0.252 e. The average molecular weight is 488 g/mol. The third kappa shape index (κ3) is 6.85. The van der Waals surface area contributed by atoms with E-state index in [4.69, 9.17) is 0 Å². The summed E-state index contributed by atoms with van der Waals surface area (Å²) in [6, 6.07) is 3.60. The number of hydrogen-bond donors (Lipinski definition) is 2. The van der Waals surface area contributed by atoms with Crippen LogP contribution in [0.15, 0.2) is 21.3 Å². The minimum Gasteiger partial charge on any atom is -0.356 e. The predicted octanol–water partition coefficient (Wildman–Crippen LogP) is 2.51. The lowest BCUT2D eigenvalue weighted by molar-refractivity contribution is 0.447. The normalized spacial score (nSPS) is 12.1. The molecule has 0 aliphatic heterocycles. The first kappa shape index (κ1) is 23.6. The largest absolute Gasteiger partial charge is 0.356 e. The van der Waals surface area contributed by atoms with Crippen LogP contribution in [0.1, 0.15) is 32.1 Å². The number of halogens is 1. The van der Waals surface area contributed by atoms with Gasteiger partial charge in [-0.3, -0.25) is 4.99 Å². The van der Waals surface area contributed by atoms with Crippen molar-refractivity contribution in [3.8, 4) is 0 Å². The molecule has 24 heavy (non-hydrogen) atoms. The molecule has 1 heterocycles. The summed E-state index contributed by atoms with van der Waals surface area (Å²) >= 11 is 1.35. The van der Waals surface area contributed by atoms with Crippen molar-refractivity contribution in [2.45, 2.75) is 37.8 Å². The number of nitrogens with zero attached hydrogens (tertiary/aromatic N) is 2. The van der Waals surface area contributed by atoms with Crippen LogP contribution in [-0.2, 0) is 16.4 Å². The second-order valence-electron chi connectivity index (χ2n) is 4.99. The second kappa shape index (κ2) is 12.0. The maximum Gasteiger partial charge on any atom is 0.252 e. The van der Waals surface area contributed by atoms with Gasteiger partial charge in [-0.25, -0.2) is 8.42 Å². The van der Waals surface area contributed by atoms with Crippen molar-refractivity contribution in [1.29, 1.82) is 0 Å². The molecule has 0 amide bonds. The molecule has 6 nitrogen and oxygen atoms in total. The maximum absolute atomic E-state index is 12.4. The molecule has 0 bridgehead atoms. The van der Waals surface area contributed by atoms with Gasteiger partial charge in [0.15, 0.2) is 5.96 Å². The van der Waals surface area contributed by atoms with E-state index in [1.54, 1.807) is 13.1 Å². The van der Waals surface area contributed by atoms with E-state index in [-0.39, 0.29) is 24.0 Å². The first-order chi connectivity index (χ1) is 11.0. The van der Waals surface area contributed by atoms with Gasteiger partial charge in [-0.15, -0.1) is 35.3 Å². The Morgan fingerprint density at radius 1 is 1.17 bits per heavy atom. The minimum atomic E-state index is -3.34. The van der Waals surface area contributed by atoms with Gasteiger partial charge < -0.3 is 10.6 Å². The summed E-state index contributed by atoms with van der Waals surface area (Å²) in [5.41, 5.74) is 0. The summed E-state index contributed by atoms with van der Waals surface area (Å²) in [5, 5.41) is 6.44. The number of guanidine groups is 1. The Morgan fingerprint density at radius 2 is 1.79 bits per heavy atom. The van der Waals surface area contributed by atoms with Gasteiger partial charge in [-0.2, -0.15) is 4.31 Å². The van der Waals surface area contributed by atoms with Gasteiger partial charge >= 0.3 is 0 Å². The molecule has 0 aromatic carbocycles. The van der Waals surface area contributed by atoms with Crippen LogP contribution >= 0.6 is 35.3 Å². The third-order valence-corrected chi connectivity index (χ3v) is 7.03. The van der Waals surface area contributed by atoms with Crippen molar-refractivity contribution in [2.75, 3.05) is 33.2 Å². The number of rotatable bonds is 9. The van der Waals surface area contributed by atoms with E-state index in [1.807, 2.05) is 19.9 Å². The molecule has 9 heteroatoms. The van der Waals surface area contributed by atoms with Gasteiger partial charge in [0.25, 0.3) is 10.0 Å². The van der Waals surface area contributed by atoms with Gasteiger partial charge in [-0.05, 0) is 25.0 Å². The Bertz CT molecular complexity index is 598. The number of thiophene rings is 1. The molecule has 0 spiro atoms. The van der Waals surface area contributed by atoms with Crippen molar-refractivity contribution in [3.63, 3.8) is 0 Å². The summed E-state index contributed by atoms with van der Waals surface area (Å²) in [6.07, 6.45) is 1.81. The Kier molecular flexibility index (Phi) is 11.8. The summed E-state index contributed by atoms with van der Waals surface area (Å²) in [4.78, 5) is 5.19. The first-order valence-corrected chi connectivity index (χ1v) is 10.3. The molecular formula is C15H29IN4O2S2. The lowest BCUT2D eigenvalue weighted by Crippen LogP contribution is -2.38. The molecule has 0 atom stereocenters. The van der Waals surface area contributed by atoms with E-state index in [1.165, 1.54) is 15.6 Å². The topological polar surface area (TPSA) is 73.8 Å². The van der Waals surface area contributed by atoms with Crippen LogP contribution in [0.3, 0.4) is 0 Å². The Labute approximate surface area is 167 Å². The second-order valence-corrected chi connectivity index (χ2v) is 8.32. The van der Waals surface area contributed by atoms with Crippen LogP contribution < -0.4 is 10.6 Å². The molecule has 0 radical (unpaired) electrons. The lowest BCUT2D eigenvalue weighted by atomic mass is 10.3. The Hall–Kier alpha value is -0.390. The average Bonchev–Trinajstić information content (AvgIpc) is 3.01. The summed E-state index contributed by atoms with van der Waals surface area (Å²) < 4.78 is 26.8. The number of sulfonamides is 1. The lowest BCUT2D eigenvalue weighted by Gasteiger charge is -2.16. The van der Waals surface area contributed by atoms with Crippen molar-refractivity contribution < 1.29 is 8.42 Å². The zero-order valence-electron chi connectivity index (χ0n) is 14.8. The fourth-order valence-electron chi connectivity index (χ4n) is 2.09. The predicted molar refractivity (Wildman–Crippen MR) is 113 cm³/mol. The molecule has 0 aliphatic rings. The van der Waals surface area contributed by atoms with Crippen LogP contribution in [-0.4, -0.2) is 51.9 Å². The quantitative estimate of drug-likeness (QED) is 0.318. The van der Waals surface area contributed by atoms with Crippen LogP contribution in [0, 0.1) is 0 Å². The Morgan fingerprint density at radius 3 is 2.33 bits per heavy atom. The van der Waals surface area contributed by atoms with Gasteiger partial charge in [0, 0.05) is 38.1 Å². The molecule has 0 saturated carbocycles. The van der Waals surface area contributed by atoms with E-state index >= 15 is 0 Å². The van der Waals surface area contributed by atoms with E-state index in [2.05, 4.69) is 22.5 Å². The molecule has 0 fully saturated rings. The molecule has 0 unspecified atom stereocenters. The number of aliphatic imine (C=N–C) groups is 1. The Balaban J connectivity index is 0.00000529. The SMILES string of the molecule is CCCNC(=NC)NCCc1ccc(S(=O)(=O)N(CC)CC)s1.I. The van der Waals surface area contributed by atoms with Crippen molar-refractivity contribution in [2.24, 2.45) is 4.99 Å². The summed E-state index contributed by atoms with van der Waals surface area (Å²) in [5.74, 6) is 0.777. The molecule has 1 rings (SSSR count). The van der Waals surface area contributed by atoms with Crippen molar-refractivity contribution in [3.05, 3.63) is 17.0 Å². The maximum atomic E-state index is 12.4. The summed E-state index contributed by atoms with van der Waals surface area (Å²) in [7, 11) is -1.60. The molecule has 0 aliphatic carbocycles. The fraction of sp³-hybridized carbons (Fsp3) is 0.667. The monoisotopic (exact) mass is 488 g/mol. The molecule has 2 N–H and O–H groups in total. The molecule has 1 aromatic rings. The highest BCUT2D eigenvalue weighted by Gasteiger charge is 2.23. The van der Waals surface area contributed by atoms with Gasteiger partial charge in [0.05, 0.1) is 0 Å². The highest BCUT2D eigenvalue weighted by Crippen LogP contribution is 2.25. The van der Waals surface area contributed by atoms with Gasteiger partial charge in [0.2, 0.25) is 0 Å². The fourth-order valence-corrected chi connectivity index (χ4v) is 5.06. The highest BCUT2D eigenvalue weighted by molar-refractivity contribution is 14.0. The van der Waals surface area contributed by atoms with E-state index in [0.29, 0.717) is 23.8 Å². The van der Waals surface area contributed by atoms with Crippen LogP contribution in [0.25, 0.3) is 0 Å². The summed E-state index contributed by atoms with van der Waals surface area (Å²) in [6.45, 7) is 8.40. The van der Waals surface area contributed by atoms with Crippen LogP contribution in [0.2, 0.25) is 0 Å². The van der Waals surface area contributed by atoms with E-state index in [9.17, 15) is 8.42 Å². The highest BCUT2D eigenvalue weighted by atomic mass is 127. The standard InChI is InChI=1S/C15H28N4O2S2.HI/c1-5-11-17-15(16-4)18-12-10-13-8-9-14(22-13)23(20,21)19(6-2)7-3;/h8-9H,5-7,10-12H2,1-4H3,(H2,16,17,18);1H. The molecule has 140 valence electrons.